The maximum atomic E-state index is 12.1. The average molecular weight is 499 g/mol. The van der Waals surface area contributed by atoms with Crippen LogP contribution in [0.15, 0.2) is 59.3 Å². The molecule has 37 heavy (non-hydrogen) atoms. The molecule has 6 rings (SSSR count). The van der Waals surface area contributed by atoms with Crippen LogP contribution >= 0.6 is 0 Å². The molecule has 1 aliphatic carbocycles. The number of fused-ring (bicyclic) bond motifs is 1. The summed E-state index contributed by atoms with van der Waals surface area (Å²) in [5.74, 6) is 1.76. The zero-order valence-electron chi connectivity index (χ0n) is 20.4. The van der Waals surface area contributed by atoms with E-state index in [0.717, 1.165) is 24.0 Å². The van der Waals surface area contributed by atoms with Crippen molar-refractivity contribution in [3.05, 3.63) is 77.2 Å². The number of rotatable bonds is 8. The van der Waals surface area contributed by atoms with E-state index in [0.29, 0.717) is 46.2 Å². The monoisotopic (exact) mass is 498 g/mol. The van der Waals surface area contributed by atoms with Crippen LogP contribution in [-0.2, 0) is 10.3 Å². The van der Waals surface area contributed by atoms with Gasteiger partial charge in [0.25, 0.3) is 5.89 Å². The Balaban J connectivity index is 1.35. The zero-order valence-corrected chi connectivity index (χ0v) is 20.4. The molecule has 1 aliphatic heterocycles. The van der Waals surface area contributed by atoms with Gasteiger partial charge in [-0.05, 0) is 50.5 Å². The first-order chi connectivity index (χ1) is 17.9. The molecular weight excluding hydrogens is 472 g/mol. The van der Waals surface area contributed by atoms with Gasteiger partial charge in [-0.3, -0.25) is 0 Å². The van der Waals surface area contributed by atoms with Gasteiger partial charge in [-0.15, -0.1) is 0 Å². The Morgan fingerprint density at radius 1 is 1.11 bits per heavy atom. The van der Waals surface area contributed by atoms with Gasteiger partial charge in [-0.2, -0.15) is 9.97 Å². The highest BCUT2D eigenvalue weighted by molar-refractivity contribution is 5.95. The standard InChI is InChI=1S/C27H26N6O4/c1-27(2)20-12-17(10-11-18(20)25(35)36-27)29-26-28-13-19(24-31-22(33-37-24)16-8-9-16)23(32-26)30-21(14-34)15-6-4-3-5-7-15/h3-7,10-13,16,21,34H,8-9,14H2,1-2H3,(H2,28,29,30,32)/t21-/m1/s1. The van der Waals surface area contributed by atoms with Crippen LogP contribution in [0.25, 0.3) is 11.5 Å². The van der Waals surface area contributed by atoms with E-state index < -0.39 is 11.6 Å². The van der Waals surface area contributed by atoms with Crippen LogP contribution in [0.5, 0.6) is 0 Å². The summed E-state index contributed by atoms with van der Waals surface area (Å²) in [5, 5.41) is 20.8. The molecule has 1 saturated carbocycles. The molecular formula is C27H26N6O4. The predicted molar refractivity (Wildman–Crippen MR) is 135 cm³/mol. The number of esters is 1. The second-order valence-corrected chi connectivity index (χ2v) is 9.76. The summed E-state index contributed by atoms with van der Waals surface area (Å²) in [6.07, 6.45) is 3.72. The summed E-state index contributed by atoms with van der Waals surface area (Å²) in [7, 11) is 0. The number of cyclic esters (lactones) is 1. The summed E-state index contributed by atoms with van der Waals surface area (Å²) < 4.78 is 11.0. The number of hydrogen-bond acceptors (Lipinski definition) is 10. The molecule has 2 aliphatic rings. The van der Waals surface area contributed by atoms with Crippen molar-refractivity contribution in [2.75, 3.05) is 17.2 Å². The Morgan fingerprint density at radius 2 is 1.92 bits per heavy atom. The number of nitrogens with one attached hydrogen (secondary N) is 2. The second-order valence-electron chi connectivity index (χ2n) is 9.76. The van der Waals surface area contributed by atoms with E-state index in [4.69, 9.17) is 14.2 Å². The lowest BCUT2D eigenvalue weighted by atomic mass is 9.95. The second kappa shape index (κ2) is 8.97. The van der Waals surface area contributed by atoms with Crippen LogP contribution in [0.4, 0.5) is 17.5 Å². The minimum Gasteiger partial charge on any atom is -0.451 e. The summed E-state index contributed by atoms with van der Waals surface area (Å²) >= 11 is 0. The highest BCUT2D eigenvalue weighted by Gasteiger charge is 2.37. The quantitative estimate of drug-likeness (QED) is 0.293. The third kappa shape index (κ3) is 4.51. The lowest BCUT2D eigenvalue weighted by Gasteiger charge is -2.20. The van der Waals surface area contributed by atoms with Gasteiger partial charge in [0.15, 0.2) is 5.82 Å². The molecule has 0 saturated heterocycles. The number of carbonyl (C=O) groups is 1. The fourth-order valence-corrected chi connectivity index (χ4v) is 4.41. The number of ether oxygens (including phenoxy) is 1. The van der Waals surface area contributed by atoms with E-state index in [-0.39, 0.29) is 12.6 Å². The number of hydrogen-bond donors (Lipinski definition) is 3. The lowest BCUT2D eigenvalue weighted by molar-refractivity contribution is 0.00954. The van der Waals surface area contributed by atoms with E-state index in [2.05, 4.69) is 25.8 Å². The SMILES string of the molecule is CC1(C)OC(=O)c2ccc(Nc3ncc(-c4nc(C5CC5)no4)c(N[C@H](CO)c4ccccc4)n3)cc21. The van der Waals surface area contributed by atoms with E-state index in [1.54, 1.807) is 18.3 Å². The third-order valence-corrected chi connectivity index (χ3v) is 6.59. The Kier molecular flexibility index (Phi) is 5.60. The maximum Gasteiger partial charge on any atom is 0.339 e. The van der Waals surface area contributed by atoms with Crippen LogP contribution in [0.3, 0.4) is 0 Å². The molecule has 0 unspecified atom stereocenters. The highest BCUT2D eigenvalue weighted by Crippen LogP contribution is 2.40. The average Bonchev–Trinajstić information content (AvgIpc) is 3.58. The molecule has 0 bridgehead atoms. The molecule has 2 aromatic carbocycles. The van der Waals surface area contributed by atoms with E-state index in [1.165, 1.54) is 0 Å². The van der Waals surface area contributed by atoms with E-state index in [1.807, 2.05) is 50.2 Å². The first-order valence-corrected chi connectivity index (χ1v) is 12.2. The molecule has 10 heteroatoms. The molecule has 2 aromatic heterocycles. The van der Waals surface area contributed by atoms with Crippen molar-refractivity contribution in [1.29, 1.82) is 0 Å². The van der Waals surface area contributed by atoms with E-state index in [9.17, 15) is 9.90 Å². The molecule has 3 heterocycles. The number of aromatic nitrogens is 4. The lowest BCUT2D eigenvalue weighted by Crippen LogP contribution is -2.17. The van der Waals surface area contributed by atoms with Crippen LogP contribution in [-0.4, -0.2) is 37.8 Å². The number of nitrogens with zero attached hydrogens (tertiary/aromatic N) is 4. The summed E-state index contributed by atoms with van der Waals surface area (Å²) in [5.41, 5.74) is 2.76. The van der Waals surface area contributed by atoms with Crippen molar-refractivity contribution >= 4 is 23.4 Å². The molecule has 3 N–H and O–H groups in total. The van der Waals surface area contributed by atoms with Crippen molar-refractivity contribution in [3.8, 4) is 11.5 Å². The Bertz CT molecular complexity index is 1470. The van der Waals surface area contributed by atoms with Gasteiger partial charge >= 0.3 is 5.97 Å². The fraction of sp³-hybridized carbons (Fsp3) is 0.296. The highest BCUT2D eigenvalue weighted by atomic mass is 16.6. The summed E-state index contributed by atoms with van der Waals surface area (Å²) in [4.78, 5) is 25.9. The predicted octanol–water partition coefficient (Wildman–Crippen LogP) is 4.70. The molecule has 1 atom stereocenters. The topological polar surface area (TPSA) is 135 Å². The van der Waals surface area contributed by atoms with Gasteiger partial charge < -0.3 is 25.0 Å². The Hall–Kier alpha value is -4.31. The molecule has 188 valence electrons. The van der Waals surface area contributed by atoms with Gasteiger partial charge in [0, 0.05) is 23.4 Å². The van der Waals surface area contributed by atoms with Crippen molar-refractivity contribution in [3.63, 3.8) is 0 Å². The van der Waals surface area contributed by atoms with Crippen molar-refractivity contribution in [1.82, 2.24) is 20.1 Å². The van der Waals surface area contributed by atoms with Gasteiger partial charge in [0.1, 0.15) is 17.0 Å². The van der Waals surface area contributed by atoms with Crippen LogP contribution in [0, 0.1) is 0 Å². The van der Waals surface area contributed by atoms with Crippen LogP contribution < -0.4 is 10.6 Å². The first-order valence-electron chi connectivity index (χ1n) is 12.2. The zero-order chi connectivity index (χ0) is 25.6. The third-order valence-electron chi connectivity index (χ3n) is 6.59. The molecule has 0 spiro atoms. The number of aliphatic hydroxyl groups is 1. The molecule has 0 radical (unpaired) electrons. The molecule has 0 amide bonds. The smallest absolute Gasteiger partial charge is 0.339 e. The Labute approximate surface area is 213 Å². The van der Waals surface area contributed by atoms with Gasteiger partial charge in [0.2, 0.25) is 5.95 Å². The molecule has 1 fully saturated rings. The first kappa shape index (κ1) is 23.1. The van der Waals surface area contributed by atoms with Crippen molar-refractivity contribution < 1.29 is 19.2 Å². The maximum absolute atomic E-state index is 12.1. The largest absolute Gasteiger partial charge is 0.451 e. The minimum atomic E-state index is -0.719. The number of anilines is 3. The van der Waals surface area contributed by atoms with Gasteiger partial charge in [0.05, 0.1) is 18.2 Å². The van der Waals surface area contributed by atoms with Crippen molar-refractivity contribution in [2.24, 2.45) is 0 Å². The number of benzene rings is 2. The van der Waals surface area contributed by atoms with Crippen molar-refractivity contribution in [2.45, 2.75) is 44.2 Å². The van der Waals surface area contributed by atoms with Gasteiger partial charge in [-0.25, -0.2) is 9.78 Å². The normalized spacial score (nSPS) is 16.7. The number of carbonyl (C=O) groups excluding carboxylic acids is 1. The fourth-order valence-electron chi connectivity index (χ4n) is 4.41. The van der Waals surface area contributed by atoms with Gasteiger partial charge in [-0.1, -0.05) is 35.5 Å². The summed E-state index contributed by atoms with van der Waals surface area (Å²) in [6.45, 7) is 3.56. The number of aliphatic hydroxyl groups excluding tert-OH is 1. The van der Waals surface area contributed by atoms with Crippen LogP contribution in [0.2, 0.25) is 0 Å². The molecule has 10 nitrogen and oxygen atoms in total. The Morgan fingerprint density at radius 3 is 2.68 bits per heavy atom. The minimum absolute atomic E-state index is 0.151. The molecule has 4 aromatic rings. The van der Waals surface area contributed by atoms with Crippen LogP contribution in [0.1, 0.15) is 66.0 Å². The van der Waals surface area contributed by atoms with E-state index >= 15 is 0 Å². The summed E-state index contributed by atoms with van der Waals surface area (Å²) in [6, 6.07) is 14.6.